The summed E-state index contributed by atoms with van der Waals surface area (Å²) in [7, 11) is 0. The average molecular weight is 326 g/mol. The van der Waals surface area contributed by atoms with Crippen molar-refractivity contribution < 1.29 is 4.79 Å². The highest BCUT2D eigenvalue weighted by Gasteiger charge is 2.43. The maximum absolute atomic E-state index is 11.9. The fourth-order valence-corrected chi connectivity index (χ4v) is 4.05. The molecule has 1 aromatic rings. The van der Waals surface area contributed by atoms with E-state index in [1.165, 1.54) is 6.42 Å². The van der Waals surface area contributed by atoms with Crippen LogP contribution in [0.2, 0.25) is 0 Å². The molecule has 2 aliphatic heterocycles. The van der Waals surface area contributed by atoms with Gasteiger partial charge in [-0.15, -0.1) is 0 Å². The van der Waals surface area contributed by atoms with Crippen molar-refractivity contribution in [1.82, 2.24) is 0 Å². The normalized spacial score (nSPS) is 22.5. The molecule has 0 radical (unpaired) electrons. The number of para-hydroxylation sites is 1. The van der Waals surface area contributed by atoms with Gasteiger partial charge in [0.2, 0.25) is 17.8 Å². The van der Waals surface area contributed by atoms with Crippen LogP contribution in [0.25, 0.3) is 0 Å². The molecule has 1 aliphatic carbocycles. The predicted molar refractivity (Wildman–Crippen MR) is 94.9 cm³/mol. The molecule has 0 bridgehead atoms. The van der Waals surface area contributed by atoms with Crippen LogP contribution in [-0.4, -0.2) is 23.5 Å². The Balaban J connectivity index is 1.85. The first-order valence-corrected chi connectivity index (χ1v) is 8.50. The molecule has 3 aliphatic rings. The van der Waals surface area contributed by atoms with Gasteiger partial charge >= 0.3 is 0 Å². The van der Waals surface area contributed by atoms with Crippen LogP contribution in [0.15, 0.2) is 28.2 Å². The highest BCUT2D eigenvalue weighted by atomic mass is 16.1. The topological polar surface area (TPSA) is 109 Å². The van der Waals surface area contributed by atoms with E-state index in [4.69, 9.17) is 11.5 Å². The molecule has 1 aromatic carbocycles. The number of carbonyl (C=O) groups excluding carboxylic acids is 1. The smallest absolute Gasteiger partial charge is 0.224 e. The zero-order valence-electron chi connectivity index (χ0n) is 13.6. The standard InChI is InChI=1S/C17H22N6O/c18-15-21-16(19)23(17(22-15)9-2-1-3-10-17)12-6-4-5-11-7-8-13(24)20-14(11)12/h4-6H,1-3,7-10H2,(H,20,24)(H4,18,19,21,22). The second-order valence-electron chi connectivity index (χ2n) is 6.68. The van der Waals surface area contributed by atoms with E-state index in [0.717, 1.165) is 49.0 Å². The lowest BCUT2D eigenvalue weighted by Crippen LogP contribution is -2.58. The van der Waals surface area contributed by atoms with Gasteiger partial charge in [-0.1, -0.05) is 18.6 Å². The molecule has 1 amide bonds. The van der Waals surface area contributed by atoms with Crippen molar-refractivity contribution in [3.8, 4) is 0 Å². The molecular formula is C17H22N6O. The summed E-state index contributed by atoms with van der Waals surface area (Å²) in [6.45, 7) is 0. The Labute approximate surface area is 140 Å². The highest BCUT2D eigenvalue weighted by molar-refractivity contribution is 6.09. The highest BCUT2D eigenvalue weighted by Crippen LogP contribution is 2.43. The van der Waals surface area contributed by atoms with Crippen molar-refractivity contribution in [1.29, 1.82) is 0 Å². The zero-order chi connectivity index (χ0) is 16.7. The van der Waals surface area contributed by atoms with Crippen molar-refractivity contribution in [2.24, 2.45) is 21.5 Å². The number of nitrogens with zero attached hydrogens (tertiary/aromatic N) is 3. The number of carbonyl (C=O) groups is 1. The van der Waals surface area contributed by atoms with Gasteiger partial charge in [-0.2, -0.15) is 4.99 Å². The molecule has 1 fully saturated rings. The Morgan fingerprint density at radius 3 is 2.71 bits per heavy atom. The van der Waals surface area contributed by atoms with Gasteiger partial charge in [0.25, 0.3) is 0 Å². The Kier molecular flexibility index (Phi) is 3.44. The van der Waals surface area contributed by atoms with Crippen molar-refractivity contribution in [2.75, 3.05) is 10.2 Å². The Morgan fingerprint density at radius 2 is 1.92 bits per heavy atom. The van der Waals surface area contributed by atoms with Gasteiger partial charge in [-0.05, 0) is 43.7 Å². The maximum atomic E-state index is 11.9. The summed E-state index contributed by atoms with van der Waals surface area (Å²) >= 11 is 0. The maximum Gasteiger partial charge on any atom is 0.224 e. The third-order valence-corrected chi connectivity index (χ3v) is 5.11. The zero-order valence-corrected chi connectivity index (χ0v) is 13.6. The van der Waals surface area contributed by atoms with E-state index in [9.17, 15) is 4.79 Å². The number of rotatable bonds is 1. The second kappa shape index (κ2) is 5.51. The number of hydrogen-bond donors (Lipinski definition) is 3. The summed E-state index contributed by atoms with van der Waals surface area (Å²) in [4.78, 5) is 22.8. The number of nitrogens with two attached hydrogens (primary N) is 2. The molecule has 0 atom stereocenters. The van der Waals surface area contributed by atoms with Crippen molar-refractivity contribution in [3.63, 3.8) is 0 Å². The van der Waals surface area contributed by atoms with E-state index in [0.29, 0.717) is 12.4 Å². The van der Waals surface area contributed by atoms with Crippen LogP contribution in [0.4, 0.5) is 11.4 Å². The number of benzene rings is 1. The summed E-state index contributed by atoms with van der Waals surface area (Å²) in [5, 5.41) is 3.01. The second-order valence-corrected chi connectivity index (χ2v) is 6.68. The van der Waals surface area contributed by atoms with Gasteiger partial charge in [0, 0.05) is 6.42 Å². The molecule has 24 heavy (non-hydrogen) atoms. The lowest BCUT2D eigenvalue weighted by Gasteiger charge is -2.46. The number of aliphatic imine (C=N–C) groups is 2. The van der Waals surface area contributed by atoms with Gasteiger partial charge in [0.1, 0.15) is 5.66 Å². The lowest BCUT2D eigenvalue weighted by molar-refractivity contribution is -0.116. The minimum Gasteiger partial charge on any atom is -0.369 e. The first kappa shape index (κ1) is 15.0. The number of anilines is 2. The van der Waals surface area contributed by atoms with Gasteiger partial charge in [0.15, 0.2) is 0 Å². The van der Waals surface area contributed by atoms with E-state index >= 15 is 0 Å². The number of guanidine groups is 2. The van der Waals surface area contributed by atoms with Crippen LogP contribution < -0.4 is 21.7 Å². The molecule has 0 aromatic heterocycles. The van der Waals surface area contributed by atoms with E-state index in [2.05, 4.69) is 15.3 Å². The van der Waals surface area contributed by atoms with E-state index < -0.39 is 5.66 Å². The number of fused-ring (bicyclic) bond motifs is 1. The largest absolute Gasteiger partial charge is 0.369 e. The third kappa shape index (κ3) is 2.31. The first-order valence-electron chi connectivity index (χ1n) is 8.50. The van der Waals surface area contributed by atoms with Gasteiger partial charge in [-0.25, -0.2) is 4.99 Å². The van der Waals surface area contributed by atoms with Crippen molar-refractivity contribution in [3.05, 3.63) is 23.8 Å². The first-order chi connectivity index (χ1) is 11.6. The van der Waals surface area contributed by atoms with Crippen LogP contribution in [0.1, 0.15) is 44.1 Å². The molecule has 0 saturated heterocycles. The fraction of sp³-hybridized carbons (Fsp3) is 0.471. The van der Waals surface area contributed by atoms with Crippen LogP contribution in [-0.2, 0) is 11.2 Å². The molecule has 7 heteroatoms. The quantitative estimate of drug-likeness (QED) is 0.729. The summed E-state index contributed by atoms with van der Waals surface area (Å²) in [6.07, 6.45) is 6.33. The molecule has 1 spiro atoms. The van der Waals surface area contributed by atoms with E-state index in [1.807, 2.05) is 23.1 Å². The van der Waals surface area contributed by atoms with Crippen molar-refractivity contribution >= 4 is 29.2 Å². The van der Waals surface area contributed by atoms with Gasteiger partial charge in [0.05, 0.1) is 11.4 Å². The van der Waals surface area contributed by atoms with Crippen LogP contribution in [0, 0.1) is 0 Å². The Bertz CT molecular complexity index is 747. The molecule has 126 valence electrons. The SMILES string of the molecule is NC1=NC2(CCCCC2)N(c2cccc3c2NC(=O)CC3)C(N)=N1. The summed E-state index contributed by atoms with van der Waals surface area (Å²) < 4.78 is 0. The third-order valence-electron chi connectivity index (χ3n) is 5.11. The fourth-order valence-electron chi connectivity index (χ4n) is 4.05. The molecule has 4 rings (SSSR count). The van der Waals surface area contributed by atoms with Gasteiger partial charge in [-0.3, -0.25) is 9.69 Å². The monoisotopic (exact) mass is 326 g/mol. The van der Waals surface area contributed by atoms with Crippen molar-refractivity contribution in [2.45, 2.75) is 50.6 Å². The minimum absolute atomic E-state index is 0.0307. The summed E-state index contributed by atoms with van der Waals surface area (Å²) in [5.41, 5.74) is 14.5. The summed E-state index contributed by atoms with van der Waals surface area (Å²) in [6, 6.07) is 6.01. The number of aryl methyl sites for hydroxylation is 1. The van der Waals surface area contributed by atoms with Crippen LogP contribution >= 0.6 is 0 Å². The predicted octanol–water partition coefficient (Wildman–Crippen LogP) is 1.68. The lowest BCUT2D eigenvalue weighted by atomic mass is 9.86. The average Bonchev–Trinajstić information content (AvgIpc) is 2.55. The van der Waals surface area contributed by atoms with E-state index in [-0.39, 0.29) is 11.9 Å². The summed E-state index contributed by atoms with van der Waals surface area (Å²) in [5.74, 6) is 0.611. The molecular weight excluding hydrogens is 304 g/mol. The number of nitrogens with one attached hydrogen (secondary N) is 1. The Hall–Kier alpha value is -2.57. The number of amides is 1. The van der Waals surface area contributed by atoms with E-state index in [1.54, 1.807) is 0 Å². The minimum atomic E-state index is -0.495. The molecule has 2 heterocycles. The van der Waals surface area contributed by atoms with Crippen LogP contribution in [0.3, 0.4) is 0 Å². The van der Waals surface area contributed by atoms with Crippen LogP contribution in [0.5, 0.6) is 0 Å². The Morgan fingerprint density at radius 1 is 1.12 bits per heavy atom. The molecule has 1 saturated carbocycles. The van der Waals surface area contributed by atoms with Gasteiger partial charge < -0.3 is 16.8 Å². The molecule has 0 unspecified atom stereocenters. The molecule has 7 nitrogen and oxygen atoms in total. The number of hydrogen-bond acceptors (Lipinski definition) is 6. The molecule has 5 N–H and O–H groups in total.